The smallest absolute Gasteiger partial charge is 0.142 e. The summed E-state index contributed by atoms with van der Waals surface area (Å²) in [6.45, 7) is 4.47. The van der Waals surface area contributed by atoms with E-state index in [0.717, 1.165) is 43.4 Å². The Kier molecular flexibility index (Phi) is 6.79. The number of para-hydroxylation sites is 2. The molecule has 146 valence electrons. The lowest BCUT2D eigenvalue weighted by molar-refractivity contribution is 0.0662. The first kappa shape index (κ1) is 19.3. The second-order valence-corrected chi connectivity index (χ2v) is 6.60. The molecule has 0 unspecified atom stereocenters. The maximum absolute atomic E-state index is 10.3. The van der Waals surface area contributed by atoms with Gasteiger partial charge in [-0.15, -0.1) is 0 Å². The lowest BCUT2D eigenvalue weighted by Crippen LogP contribution is -2.49. The summed E-state index contributed by atoms with van der Waals surface area (Å²) in [6, 6.07) is 15.5. The molecule has 0 radical (unpaired) electrons. The average Bonchev–Trinajstić information content (AvgIpc) is 2.73. The Labute approximate surface area is 160 Å². The first-order chi connectivity index (χ1) is 13.2. The van der Waals surface area contributed by atoms with Gasteiger partial charge in [0, 0.05) is 38.8 Å². The van der Waals surface area contributed by atoms with Gasteiger partial charge in [-0.25, -0.2) is 0 Å². The Hall–Kier alpha value is -2.44. The van der Waals surface area contributed by atoms with E-state index >= 15 is 0 Å². The monoisotopic (exact) mass is 372 g/mol. The van der Waals surface area contributed by atoms with E-state index in [-0.39, 0.29) is 6.61 Å². The molecule has 0 amide bonds. The summed E-state index contributed by atoms with van der Waals surface area (Å²) in [7, 11) is 3.33. The third kappa shape index (κ3) is 5.28. The summed E-state index contributed by atoms with van der Waals surface area (Å²) in [5.74, 6) is 2.35. The van der Waals surface area contributed by atoms with Crippen LogP contribution in [-0.2, 0) is 0 Å². The number of β-amino-alcohol motifs (C(OH)–C–C–N with tert-alkyl or cyclic N) is 1. The molecule has 0 aliphatic carbocycles. The minimum atomic E-state index is -0.533. The average molecular weight is 372 g/mol. The van der Waals surface area contributed by atoms with E-state index in [1.165, 1.54) is 0 Å². The van der Waals surface area contributed by atoms with Crippen molar-refractivity contribution in [3.8, 4) is 17.2 Å². The van der Waals surface area contributed by atoms with E-state index in [1.807, 2.05) is 42.5 Å². The van der Waals surface area contributed by atoms with Crippen LogP contribution in [0.1, 0.15) is 0 Å². The number of methoxy groups -OCH3 is 2. The van der Waals surface area contributed by atoms with Crippen molar-refractivity contribution in [1.82, 2.24) is 4.90 Å². The first-order valence-corrected chi connectivity index (χ1v) is 9.25. The number of hydrogen-bond acceptors (Lipinski definition) is 6. The zero-order valence-electron chi connectivity index (χ0n) is 16.0. The molecule has 1 saturated heterocycles. The molecule has 1 atom stereocenters. The highest BCUT2D eigenvalue weighted by Gasteiger charge is 2.21. The van der Waals surface area contributed by atoms with Crippen LogP contribution in [0.2, 0.25) is 0 Å². The van der Waals surface area contributed by atoms with Gasteiger partial charge >= 0.3 is 0 Å². The van der Waals surface area contributed by atoms with Gasteiger partial charge in [0.1, 0.15) is 30.0 Å². The van der Waals surface area contributed by atoms with E-state index in [1.54, 1.807) is 14.2 Å². The SMILES string of the molecule is COc1cccc(OC[C@@H](O)CN2CCN(c3ccccc3OC)CC2)c1. The normalized spacial score (nSPS) is 16.0. The van der Waals surface area contributed by atoms with Crippen LogP contribution in [0.5, 0.6) is 17.2 Å². The summed E-state index contributed by atoms with van der Waals surface area (Å²) >= 11 is 0. The van der Waals surface area contributed by atoms with Crippen LogP contribution < -0.4 is 19.1 Å². The van der Waals surface area contributed by atoms with Crippen molar-refractivity contribution < 1.29 is 19.3 Å². The van der Waals surface area contributed by atoms with Gasteiger partial charge in [0.25, 0.3) is 0 Å². The van der Waals surface area contributed by atoms with Gasteiger partial charge in [0.05, 0.1) is 19.9 Å². The summed E-state index contributed by atoms with van der Waals surface area (Å²) < 4.78 is 16.3. The van der Waals surface area contributed by atoms with Gasteiger partial charge in [-0.3, -0.25) is 4.90 Å². The van der Waals surface area contributed by atoms with Crippen LogP contribution in [0, 0.1) is 0 Å². The second kappa shape index (κ2) is 9.48. The Bertz CT molecular complexity index is 717. The zero-order chi connectivity index (χ0) is 19.1. The van der Waals surface area contributed by atoms with Crippen LogP contribution in [0.25, 0.3) is 0 Å². The number of anilines is 1. The Morgan fingerprint density at radius 2 is 1.67 bits per heavy atom. The molecule has 2 aromatic carbocycles. The quantitative estimate of drug-likeness (QED) is 0.767. The minimum absolute atomic E-state index is 0.264. The van der Waals surface area contributed by atoms with Crippen molar-refractivity contribution in [1.29, 1.82) is 0 Å². The fraction of sp³-hybridized carbons (Fsp3) is 0.429. The molecule has 0 spiro atoms. The van der Waals surface area contributed by atoms with Crippen LogP contribution in [0.3, 0.4) is 0 Å². The fourth-order valence-electron chi connectivity index (χ4n) is 3.30. The standard InChI is InChI=1S/C21H28N2O4/c1-25-18-6-5-7-19(14-18)27-16-17(24)15-22-10-12-23(13-11-22)20-8-3-4-9-21(20)26-2/h3-9,14,17,24H,10-13,15-16H2,1-2H3/t17-/m0/s1. The van der Waals surface area contributed by atoms with Gasteiger partial charge in [-0.05, 0) is 24.3 Å². The molecule has 0 bridgehead atoms. The van der Waals surface area contributed by atoms with Crippen molar-refractivity contribution in [3.63, 3.8) is 0 Å². The number of piperazine rings is 1. The highest BCUT2D eigenvalue weighted by Crippen LogP contribution is 2.28. The molecule has 1 aliphatic rings. The van der Waals surface area contributed by atoms with Crippen molar-refractivity contribution in [2.45, 2.75) is 6.10 Å². The molecule has 6 heteroatoms. The Balaban J connectivity index is 1.44. The van der Waals surface area contributed by atoms with E-state index in [2.05, 4.69) is 15.9 Å². The maximum atomic E-state index is 10.3. The molecule has 3 rings (SSSR count). The predicted molar refractivity (Wildman–Crippen MR) is 106 cm³/mol. The van der Waals surface area contributed by atoms with Crippen LogP contribution >= 0.6 is 0 Å². The molecule has 27 heavy (non-hydrogen) atoms. The van der Waals surface area contributed by atoms with E-state index in [4.69, 9.17) is 14.2 Å². The van der Waals surface area contributed by atoms with E-state index in [0.29, 0.717) is 12.3 Å². The van der Waals surface area contributed by atoms with Gasteiger partial charge in [-0.1, -0.05) is 18.2 Å². The Morgan fingerprint density at radius 3 is 2.41 bits per heavy atom. The van der Waals surface area contributed by atoms with Crippen LogP contribution in [0.15, 0.2) is 48.5 Å². The van der Waals surface area contributed by atoms with Gasteiger partial charge in [0.15, 0.2) is 0 Å². The van der Waals surface area contributed by atoms with Crippen LogP contribution in [0.4, 0.5) is 5.69 Å². The minimum Gasteiger partial charge on any atom is -0.497 e. The molecule has 1 aliphatic heterocycles. The third-order valence-electron chi connectivity index (χ3n) is 4.75. The zero-order valence-corrected chi connectivity index (χ0v) is 16.0. The predicted octanol–water partition coefficient (Wildman–Crippen LogP) is 2.27. The highest BCUT2D eigenvalue weighted by molar-refractivity contribution is 5.58. The molecule has 0 saturated carbocycles. The van der Waals surface area contributed by atoms with Crippen molar-refractivity contribution >= 4 is 5.69 Å². The van der Waals surface area contributed by atoms with Gasteiger partial charge in [0.2, 0.25) is 0 Å². The third-order valence-corrected chi connectivity index (χ3v) is 4.75. The number of benzene rings is 2. The molecular weight excluding hydrogens is 344 g/mol. The molecule has 0 aromatic heterocycles. The number of nitrogens with zero attached hydrogens (tertiary/aromatic N) is 2. The van der Waals surface area contributed by atoms with Gasteiger partial charge < -0.3 is 24.2 Å². The van der Waals surface area contributed by atoms with E-state index < -0.39 is 6.10 Å². The summed E-state index contributed by atoms with van der Waals surface area (Å²) in [4.78, 5) is 4.60. The van der Waals surface area contributed by atoms with Crippen molar-refractivity contribution in [2.24, 2.45) is 0 Å². The van der Waals surface area contributed by atoms with Crippen LogP contribution in [-0.4, -0.2) is 69.7 Å². The lowest BCUT2D eigenvalue weighted by atomic mass is 10.2. The molecule has 1 fully saturated rings. The topological polar surface area (TPSA) is 54.4 Å². The second-order valence-electron chi connectivity index (χ2n) is 6.60. The summed E-state index contributed by atoms with van der Waals surface area (Å²) in [5, 5.41) is 10.3. The number of ether oxygens (including phenoxy) is 3. The number of hydrogen-bond donors (Lipinski definition) is 1. The molecule has 1 N–H and O–H groups in total. The largest absolute Gasteiger partial charge is 0.497 e. The fourth-order valence-corrected chi connectivity index (χ4v) is 3.30. The Morgan fingerprint density at radius 1 is 0.926 bits per heavy atom. The maximum Gasteiger partial charge on any atom is 0.142 e. The molecule has 6 nitrogen and oxygen atoms in total. The summed E-state index contributed by atoms with van der Waals surface area (Å²) in [6.07, 6.45) is -0.533. The number of aliphatic hydroxyl groups is 1. The highest BCUT2D eigenvalue weighted by atomic mass is 16.5. The molecule has 1 heterocycles. The number of aliphatic hydroxyl groups excluding tert-OH is 1. The lowest BCUT2D eigenvalue weighted by Gasteiger charge is -2.37. The summed E-state index contributed by atoms with van der Waals surface area (Å²) in [5.41, 5.74) is 1.13. The van der Waals surface area contributed by atoms with Crippen molar-refractivity contribution in [3.05, 3.63) is 48.5 Å². The van der Waals surface area contributed by atoms with Gasteiger partial charge in [-0.2, -0.15) is 0 Å². The number of rotatable bonds is 8. The first-order valence-electron chi connectivity index (χ1n) is 9.25. The van der Waals surface area contributed by atoms with E-state index in [9.17, 15) is 5.11 Å². The molecule has 2 aromatic rings. The van der Waals surface area contributed by atoms with Crippen molar-refractivity contribution in [2.75, 3.05) is 58.5 Å². The molecular formula is C21H28N2O4.